The van der Waals surface area contributed by atoms with Gasteiger partial charge in [0.1, 0.15) is 5.82 Å². The van der Waals surface area contributed by atoms with Crippen LogP contribution in [0.2, 0.25) is 10.0 Å². The summed E-state index contributed by atoms with van der Waals surface area (Å²) in [6.45, 7) is 4.11. The van der Waals surface area contributed by atoms with Gasteiger partial charge >= 0.3 is 0 Å². The summed E-state index contributed by atoms with van der Waals surface area (Å²) in [4.78, 5) is 16.4. The fourth-order valence-electron chi connectivity index (χ4n) is 5.43. The monoisotopic (exact) mass is 637 g/mol. The predicted octanol–water partition coefficient (Wildman–Crippen LogP) is 8.97. The van der Waals surface area contributed by atoms with Crippen LogP contribution in [0.3, 0.4) is 0 Å². The average Bonchev–Trinajstić information content (AvgIpc) is 2.89. The summed E-state index contributed by atoms with van der Waals surface area (Å²) in [5.41, 5.74) is 13.7. The zero-order chi connectivity index (χ0) is 27.8. The van der Waals surface area contributed by atoms with Crippen LogP contribution in [0.15, 0.2) is 86.6 Å². The number of allylic oxidation sites excluding steroid dienone is 3. The Morgan fingerprint density at radius 2 is 1.90 bits per heavy atom. The zero-order valence-electron chi connectivity index (χ0n) is 21.5. The zero-order valence-corrected chi connectivity index (χ0v) is 25.4. The summed E-state index contributed by atoms with van der Waals surface area (Å²) < 4.78 is 0.897. The number of Topliss-reactive ketones (excluding diaryl/α,β-unsaturated/α-hetero) is 1. The van der Waals surface area contributed by atoms with E-state index < -0.39 is 5.92 Å². The number of anilines is 1. The van der Waals surface area contributed by atoms with E-state index in [1.54, 1.807) is 23.9 Å². The number of rotatable bonds is 5. The van der Waals surface area contributed by atoms with Gasteiger partial charge in [-0.3, -0.25) is 9.69 Å². The highest BCUT2D eigenvalue weighted by Crippen LogP contribution is 2.47. The Kier molecular flexibility index (Phi) is 8.16. The van der Waals surface area contributed by atoms with Crippen molar-refractivity contribution < 1.29 is 4.79 Å². The first-order valence-electron chi connectivity index (χ1n) is 12.6. The first-order valence-corrected chi connectivity index (χ1v) is 15.1. The van der Waals surface area contributed by atoms with Crippen molar-refractivity contribution in [2.45, 2.75) is 49.7 Å². The van der Waals surface area contributed by atoms with E-state index in [0.29, 0.717) is 45.6 Å². The van der Waals surface area contributed by atoms with Crippen LogP contribution in [0.4, 0.5) is 5.69 Å². The number of benzene rings is 3. The Bertz CT molecular complexity index is 1610. The molecular formula is C31H26BrCl2N3OS. The van der Waals surface area contributed by atoms with Crippen molar-refractivity contribution in [2.24, 2.45) is 5.73 Å². The molecule has 4 nitrogen and oxygen atoms in total. The quantitative estimate of drug-likeness (QED) is 0.282. The molecule has 2 aliphatic rings. The lowest BCUT2D eigenvalue weighted by Gasteiger charge is -2.40. The number of hydrogen-bond acceptors (Lipinski definition) is 5. The van der Waals surface area contributed by atoms with Crippen LogP contribution in [-0.2, 0) is 10.5 Å². The number of halogens is 3. The van der Waals surface area contributed by atoms with Gasteiger partial charge in [-0.25, -0.2) is 0 Å². The molecule has 0 fully saturated rings. The van der Waals surface area contributed by atoms with Gasteiger partial charge in [0.25, 0.3) is 0 Å². The number of nitrogens with zero attached hydrogens (tertiary/aromatic N) is 2. The third kappa shape index (κ3) is 5.38. The van der Waals surface area contributed by atoms with Crippen LogP contribution in [0.25, 0.3) is 0 Å². The average molecular weight is 639 g/mol. The van der Waals surface area contributed by atoms with E-state index >= 15 is 0 Å². The molecular weight excluding hydrogens is 613 g/mol. The Morgan fingerprint density at radius 1 is 1.10 bits per heavy atom. The summed E-state index contributed by atoms with van der Waals surface area (Å²) in [5.74, 6) is 0.593. The van der Waals surface area contributed by atoms with Crippen LogP contribution in [-0.4, -0.2) is 5.78 Å². The lowest BCUT2D eigenvalue weighted by molar-refractivity contribution is -0.116. The molecule has 1 unspecified atom stereocenters. The molecule has 0 bridgehead atoms. The molecule has 1 atom stereocenters. The second kappa shape index (κ2) is 11.4. The van der Waals surface area contributed by atoms with E-state index in [1.807, 2.05) is 42.2 Å². The Balaban J connectivity index is 1.63. The van der Waals surface area contributed by atoms with Gasteiger partial charge in [0.05, 0.1) is 22.6 Å². The summed E-state index contributed by atoms with van der Waals surface area (Å²) in [6.07, 6.45) is 1.92. The van der Waals surface area contributed by atoms with Crippen molar-refractivity contribution in [1.82, 2.24) is 0 Å². The third-order valence-corrected chi connectivity index (χ3v) is 9.57. The minimum Gasteiger partial charge on any atom is -0.384 e. The summed E-state index contributed by atoms with van der Waals surface area (Å²) >= 11 is 17.8. The summed E-state index contributed by atoms with van der Waals surface area (Å²) in [5, 5.41) is 11.7. The van der Waals surface area contributed by atoms with Gasteiger partial charge in [0.2, 0.25) is 0 Å². The molecule has 0 saturated carbocycles. The topological polar surface area (TPSA) is 70.1 Å². The van der Waals surface area contributed by atoms with Crippen LogP contribution in [0.1, 0.15) is 47.4 Å². The number of aryl methyl sites for hydroxylation is 2. The number of nitrogens with two attached hydrogens (primary N) is 1. The normalized spacial score (nSPS) is 17.4. The molecule has 2 N–H and O–H groups in total. The molecule has 39 heavy (non-hydrogen) atoms. The van der Waals surface area contributed by atoms with E-state index in [4.69, 9.17) is 28.9 Å². The van der Waals surface area contributed by atoms with E-state index in [2.05, 4.69) is 41.1 Å². The first-order chi connectivity index (χ1) is 18.7. The molecule has 0 saturated heterocycles. The maximum absolute atomic E-state index is 13.6. The highest BCUT2D eigenvalue weighted by Gasteiger charge is 2.41. The SMILES string of the molecule is Cc1cc(C)c(C2C(C#N)=C(N)N(c3cccc(Br)c3)C3=C2C(=O)CCC3)cc1CSc1cc(Cl)ccc1Cl. The molecule has 8 heteroatoms. The van der Waals surface area contributed by atoms with Crippen molar-refractivity contribution in [3.05, 3.63) is 114 Å². The van der Waals surface area contributed by atoms with Crippen molar-refractivity contribution in [3.8, 4) is 6.07 Å². The fourth-order valence-corrected chi connectivity index (χ4v) is 7.38. The second-order valence-electron chi connectivity index (χ2n) is 9.79. The standard InChI is InChI=1S/C31H26BrCl2N3OS/c1-17-11-18(2)23(12-19(17)16-39-28-14-21(33)9-10-25(28)34)29-24(15-35)31(36)37(22-6-3-5-20(32)13-22)26-7-4-8-27(38)30(26)29/h3,5-6,9-14,29H,4,7-8,16,36H2,1-2H3. The highest BCUT2D eigenvalue weighted by molar-refractivity contribution is 9.10. The lowest BCUT2D eigenvalue weighted by atomic mass is 9.74. The number of thioether (sulfide) groups is 1. The number of nitriles is 1. The van der Waals surface area contributed by atoms with Gasteiger partial charge in [0, 0.05) is 43.5 Å². The predicted molar refractivity (Wildman–Crippen MR) is 164 cm³/mol. The van der Waals surface area contributed by atoms with Gasteiger partial charge < -0.3 is 5.73 Å². The van der Waals surface area contributed by atoms with Crippen molar-refractivity contribution in [3.63, 3.8) is 0 Å². The smallest absolute Gasteiger partial charge is 0.161 e. The van der Waals surface area contributed by atoms with E-state index in [0.717, 1.165) is 49.4 Å². The highest BCUT2D eigenvalue weighted by atomic mass is 79.9. The van der Waals surface area contributed by atoms with Gasteiger partial charge in [-0.15, -0.1) is 11.8 Å². The van der Waals surface area contributed by atoms with Crippen molar-refractivity contribution in [1.29, 1.82) is 5.26 Å². The van der Waals surface area contributed by atoms with Gasteiger partial charge in [0.15, 0.2) is 5.78 Å². The fraction of sp³-hybridized carbons (Fsp3) is 0.226. The lowest BCUT2D eigenvalue weighted by Crippen LogP contribution is -2.38. The molecule has 3 aromatic carbocycles. The largest absolute Gasteiger partial charge is 0.384 e. The van der Waals surface area contributed by atoms with Gasteiger partial charge in [-0.05, 0) is 85.3 Å². The minimum absolute atomic E-state index is 0.0723. The number of ketones is 1. The minimum atomic E-state index is -0.514. The molecule has 3 aromatic rings. The Morgan fingerprint density at radius 3 is 2.64 bits per heavy atom. The number of carbonyl (C=O) groups is 1. The molecule has 198 valence electrons. The molecule has 1 aliphatic heterocycles. The summed E-state index contributed by atoms with van der Waals surface area (Å²) in [6, 6.07) is 19.9. The second-order valence-corrected chi connectivity index (χ2v) is 12.6. The van der Waals surface area contributed by atoms with E-state index in [9.17, 15) is 10.1 Å². The molecule has 0 radical (unpaired) electrons. The molecule has 0 aromatic heterocycles. The van der Waals surface area contributed by atoms with Crippen LogP contribution in [0, 0.1) is 25.2 Å². The summed E-state index contributed by atoms with van der Waals surface area (Å²) in [7, 11) is 0. The third-order valence-electron chi connectivity index (χ3n) is 7.29. The molecule has 5 rings (SSSR count). The molecule has 1 aliphatic carbocycles. The Hall–Kier alpha value is -2.69. The van der Waals surface area contributed by atoms with Gasteiger partial charge in [-0.2, -0.15) is 5.26 Å². The number of carbonyl (C=O) groups excluding carboxylic acids is 1. The Labute approximate surface area is 251 Å². The van der Waals surface area contributed by atoms with Crippen LogP contribution in [0.5, 0.6) is 0 Å². The maximum atomic E-state index is 13.6. The first kappa shape index (κ1) is 27.9. The van der Waals surface area contributed by atoms with E-state index in [-0.39, 0.29) is 5.78 Å². The van der Waals surface area contributed by atoms with E-state index in [1.165, 1.54) is 0 Å². The van der Waals surface area contributed by atoms with Crippen molar-refractivity contribution >= 4 is 62.4 Å². The molecule has 0 amide bonds. The maximum Gasteiger partial charge on any atom is 0.161 e. The molecule has 0 spiro atoms. The van der Waals surface area contributed by atoms with Gasteiger partial charge in [-0.1, -0.05) is 57.3 Å². The van der Waals surface area contributed by atoms with Crippen LogP contribution >= 0.6 is 50.9 Å². The van der Waals surface area contributed by atoms with Crippen LogP contribution < -0.4 is 10.6 Å². The van der Waals surface area contributed by atoms with Crippen molar-refractivity contribution in [2.75, 3.05) is 4.90 Å². The number of hydrogen-bond donors (Lipinski definition) is 1. The molecule has 1 heterocycles.